The predicted molar refractivity (Wildman–Crippen MR) is 101 cm³/mol. The Morgan fingerprint density at radius 3 is 2.75 bits per heavy atom. The second-order valence-corrected chi connectivity index (χ2v) is 6.30. The fraction of sp³-hybridized carbons (Fsp3) is 0.250. The van der Waals surface area contributed by atoms with E-state index >= 15 is 0 Å². The van der Waals surface area contributed by atoms with E-state index in [2.05, 4.69) is 10.3 Å². The maximum Gasteiger partial charge on any atom is 0.276 e. The molecule has 0 aliphatic carbocycles. The standard InChI is InChI=1S/C20H20N4O4/c1-26-16-5-3-4-15(10-16)24-13-18(21-22-24)20(25)23-8-9-28-19-11-17(27-2)7-6-14(19)12-23/h3-7,10-11,13H,8-9,12H2,1-2H3. The third kappa shape index (κ3) is 3.48. The molecular formula is C20H20N4O4. The van der Waals surface area contributed by atoms with E-state index in [0.29, 0.717) is 25.4 Å². The van der Waals surface area contributed by atoms with Gasteiger partial charge in [0.05, 0.1) is 32.6 Å². The van der Waals surface area contributed by atoms with Crippen LogP contribution < -0.4 is 14.2 Å². The summed E-state index contributed by atoms with van der Waals surface area (Å²) >= 11 is 0. The Balaban J connectivity index is 1.55. The maximum atomic E-state index is 13.0. The van der Waals surface area contributed by atoms with Gasteiger partial charge in [-0.3, -0.25) is 4.79 Å². The van der Waals surface area contributed by atoms with Crippen molar-refractivity contribution < 1.29 is 19.0 Å². The average Bonchev–Trinajstić information content (AvgIpc) is 3.14. The number of nitrogens with zero attached hydrogens (tertiary/aromatic N) is 4. The molecule has 0 radical (unpaired) electrons. The molecule has 2 heterocycles. The van der Waals surface area contributed by atoms with Gasteiger partial charge in [-0.25, -0.2) is 4.68 Å². The summed E-state index contributed by atoms with van der Waals surface area (Å²) in [5, 5.41) is 8.14. The number of amides is 1. The SMILES string of the molecule is COc1cccc(-n2cc(C(=O)N3CCOc4cc(OC)ccc4C3)nn2)c1. The molecule has 3 aromatic rings. The highest BCUT2D eigenvalue weighted by Crippen LogP contribution is 2.28. The van der Waals surface area contributed by atoms with Crippen LogP contribution in [-0.2, 0) is 6.54 Å². The van der Waals surface area contributed by atoms with Crippen LogP contribution in [0.5, 0.6) is 17.2 Å². The zero-order valence-corrected chi connectivity index (χ0v) is 15.7. The van der Waals surface area contributed by atoms with Crippen LogP contribution in [0.4, 0.5) is 0 Å². The maximum absolute atomic E-state index is 13.0. The number of aromatic nitrogens is 3. The first-order chi connectivity index (χ1) is 13.7. The van der Waals surface area contributed by atoms with Crippen molar-refractivity contribution in [3.63, 3.8) is 0 Å². The molecule has 0 N–H and O–H groups in total. The molecule has 8 nitrogen and oxygen atoms in total. The molecule has 1 aliphatic heterocycles. The van der Waals surface area contributed by atoms with Crippen LogP contribution in [0.15, 0.2) is 48.7 Å². The molecule has 1 amide bonds. The van der Waals surface area contributed by atoms with Gasteiger partial charge in [0.25, 0.3) is 5.91 Å². The minimum Gasteiger partial charge on any atom is -0.497 e. The molecule has 8 heteroatoms. The summed E-state index contributed by atoms with van der Waals surface area (Å²) in [7, 11) is 3.21. The Morgan fingerprint density at radius 2 is 1.93 bits per heavy atom. The highest BCUT2D eigenvalue weighted by atomic mass is 16.5. The van der Waals surface area contributed by atoms with E-state index in [1.165, 1.54) is 0 Å². The first-order valence-corrected chi connectivity index (χ1v) is 8.83. The lowest BCUT2D eigenvalue weighted by molar-refractivity contribution is 0.0727. The first kappa shape index (κ1) is 17.8. The van der Waals surface area contributed by atoms with Crippen molar-refractivity contribution in [2.45, 2.75) is 6.54 Å². The molecule has 28 heavy (non-hydrogen) atoms. The highest BCUT2D eigenvalue weighted by Gasteiger charge is 2.23. The fourth-order valence-electron chi connectivity index (χ4n) is 3.05. The van der Waals surface area contributed by atoms with Gasteiger partial charge in [-0.1, -0.05) is 11.3 Å². The van der Waals surface area contributed by atoms with Gasteiger partial charge in [-0.15, -0.1) is 5.10 Å². The van der Waals surface area contributed by atoms with Gasteiger partial charge in [0.1, 0.15) is 23.9 Å². The van der Waals surface area contributed by atoms with Crippen molar-refractivity contribution in [1.82, 2.24) is 19.9 Å². The van der Waals surface area contributed by atoms with Crippen LogP contribution in [-0.4, -0.2) is 53.2 Å². The number of hydrogen-bond acceptors (Lipinski definition) is 6. The zero-order valence-electron chi connectivity index (χ0n) is 15.7. The van der Waals surface area contributed by atoms with E-state index in [0.717, 1.165) is 22.7 Å². The summed E-state index contributed by atoms with van der Waals surface area (Å²) in [6, 6.07) is 13.0. The normalized spacial score (nSPS) is 13.3. The Hall–Kier alpha value is -3.55. The molecule has 0 saturated carbocycles. The van der Waals surface area contributed by atoms with Crippen LogP contribution >= 0.6 is 0 Å². The Morgan fingerprint density at radius 1 is 1.11 bits per heavy atom. The van der Waals surface area contributed by atoms with E-state index < -0.39 is 0 Å². The van der Waals surface area contributed by atoms with Gasteiger partial charge in [0, 0.05) is 24.2 Å². The van der Waals surface area contributed by atoms with Crippen LogP contribution in [0.25, 0.3) is 5.69 Å². The largest absolute Gasteiger partial charge is 0.497 e. The van der Waals surface area contributed by atoms with Gasteiger partial charge >= 0.3 is 0 Å². The molecule has 1 aromatic heterocycles. The van der Waals surface area contributed by atoms with Crippen LogP contribution in [0.1, 0.15) is 16.1 Å². The molecule has 0 unspecified atom stereocenters. The Labute approximate surface area is 162 Å². The first-order valence-electron chi connectivity index (χ1n) is 8.83. The van der Waals surface area contributed by atoms with Crippen LogP contribution in [0.2, 0.25) is 0 Å². The topological polar surface area (TPSA) is 78.7 Å². The predicted octanol–water partition coefficient (Wildman–Crippen LogP) is 2.32. The highest BCUT2D eigenvalue weighted by molar-refractivity contribution is 5.92. The van der Waals surface area contributed by atoms with Gasteiger partial charge in [-0.2, -0.15) is 0 Å². The van der Waals surface area contributed by atoms with E-state index in [1.54, 1.807) is 30.0 Å². The van der Waals surface area contributed by atoms with E-state index in [9.17, 15) is 4.79 Å². The van der Waals surface area contributed by atoms with Crippen molar-refractivity contribution in [3.8, 4) is 22.9 Å². The number of carbonyl (C=O) groups excluding carboxylic acids is 1. The van der Waals surface area contributed by atoms with Crippen LogP contribution in [0, 0.1) is 0 Å². The Kier molecular flexibility index (Phi) is 4.84. The molecule has 0 saturated heterocycles. The summed E-state index contributed by atoms with van der Waals surface area (Å²) in [5.41, 5.74) is 1.97. The van der Waals surface area contributed by atoms with Crippen molar-refractivity contribution in [3.05, 3.63) is 59.9 Å². The molecule has 0 atom stereocenters. The summed E-state index contributed by atoms with van der Waals surface area (Å²) in [6.45, 7) is 1.29. The van der Waals surface area contributed by atoms with Crippen molar-refractivity contribution in [2.75, 3.05) is 27.4 Å². The average molecular weight is 380 g/mol. The minimum absolute atomic E-state index is 0.193. The zero-order chi connectivity index (χ0) is 19.5. The smallest absolute Gasteiger partial charge is 0.276 e. The third-order valence-corrected chi connectivity index (χ3v) is 4.57. The number of ether oxygens (including phenoxy) is 3. The van der Waals surface area contributed by atoms with Crippen molar-refractivity contribution >= 4 is 5.91 Å². The quantitative estimate of drug-likeness (QED) is 0.691. The molecule has 2 aromatic carbocycles. The number of carbonyl (C=O) groups is 1. The van der Waals surface area contributed by atoms with Gasteiger partial charge in [0.2, 0.25) is 0 Å². The molecular weight excluding hydrogens is 360 g/mol. The number of rotatable bonds is 4. The third-order valence-electron chi connectivity index (χ3n) is 4.57. The lowest BCUT2D eigenvalue weighted by Gasteiger charge is -2.18. The summed E-state index contributed by atoms with van der Waals surface area (Å²) in [6.07, 6.45) is 1.62. The lowest BCUT2D eigenvalue weighted by Crippen LogP contribution is -2.32. The molecule has 144 valence electrons. The summed E-state index contributed by atoms with van der Waals surface area (Å²) in [5.74, 6) is 1.97. The van der Waals surface area contributed by atoms with Gasteiger partial charge in [0.15, 0.2) is 5.69 Å². The number of benzene rings is 2. The lowest BCUT2D eigenvalue weighted by atomic mass is 10.1. The van der Waals surface area contributed by atoms with Gasteiger partial charge in [-0.05, 0) is 24.3 Å². The Bertz CT molecular complexity index is 1000. The van der Waals surface area contributed by atoms with Gasteiger partial charge < -0.3 is 19.1 Å². The molecule has 4 rings (SSSR count). The molecule has 0 spiro atoms. The van der Waals surface area contributed by atoms with Crippen molar-refractivity contribution in [2.24, 2.45) is 0 Å². The fourth-order valence-corrected chi connectivity index (χ4v) is 3.05. The van der Waals surface area contributed by atoms with E-state index in [1.807, 2.05) is 42.5 Å². The van der Waals surface area contributed by atoms with E-state index in [4.69, 9.17) is 14.2 Å². The second-order valence-electron chi connectivity index (χ2n) is 6.30. The number of hydrogen-bond donors (Lipinski definition) is 0. The van der Waals surface area contributed by atoms with Crippen molar-refractivity contribution in [1.29, 1.82) is 0 Å². The van der Waals surface area contributed by atoms with E-state index in [-0.39, 0.29) is 11.6 Å². The molecule has 1 aliphatic rings. The second kappa shape index (κ2) is 7.59. The van der Waals surface area contributed by atoms with Crippen LogP contribution in [0.3, 0.4) is 0 Å². The number of fused-ring (bicyclic) bond motifs is 1. The minimum atomic E-state index is -0.193. The molecule has 0 fully saturated rings. The monoisotopic (exact) mass is 380 g/mol. The summed E-state index contributed by atoms with van der Waals surface area (Å²) < 4.78 is 17.8. The molecule has 0 bridgehead atoms. The summed E-state index contributed by atoms with van der Waals surface area (Å²) in [4.78, 5) is 14.7. The number of methoxy groups -OCH3 is 2.